The number of alkyl halides is 1. The van der Waals surface area contributed by atoms with Gasteiger partial charge in [-0.2, -0.15) is 5.26 Å². The van der Waals surface area contributed by atoms with Gasteiger partial charge in [-0.05, 0) is 48.1 Å². The first-order valence-corrected chi connectivity index (χ1v) is 13.2. The smallest absolute Gasteiger partial charge is 0.123 e. The molecule has 1 aromatic heterocycles. The summed E-state index contributed by atoms with van der Waals surface area (Å²) in [5.41, 5.74) is 8.28. The molecule has 2 heterocycles. The summed E-state index contributed by atoms with van der Waals surface area (Å²) in [7, 11) is 7.04. The van der Waals surface area contributed by atoms with Crippen molar-refractivity contribution >= 4 is 53.3 Å². The number of benzene rings is 2. The molecule has 1 fully saturated rings. The molecule has 0 spiro atoms. The summed E-state index contributed by atoms with van der Waals surface area (Å²) in [6.07, 6.45) is 5.61. The summed E-state index contributed by atoms with van der Waals surface area (Å²) >= 11 is 12.8. The van der Waals surface area contributed by atoms with Crippen LogP contribution in [0.4, 0.5) is 15.8 Å². The highest BCUT2D eigenvalue weighted by Gasteiger charge is 2.37. The molecule has 1 atom stereocenters. The van der Waals surface area contributed by atoms with Gasteiger partial charge in [-0.25, -0.2) is 4.39 Å². The number of aromatic nitrogens is 1. The topological polar surface area (TPSA) is 88.0 Å². The van der Waals surface area contributed by atoms with Crippen molar-refractivity contribution in [2.75, 3.05) is 23.1 Å². The Morgan fingerprint density at radius 2 is 2.00 bits per heavy atom. The molecule has 2 aromatic carbocycles. The number of hydrogen-bond donors (Lipinski definition) is 4. The lowest BCUT2D eigenvalue weighted by molar-refractivity contribution is 0.260. The van der Waals surface area contributed by atoms with Gasteiger partial charge in [-0.15, -0.1) is 17.1 Å². The highest BCUT2D eigenvalue weighted by atomic mass is 35.5. The summed E-state index contributed by atoms with van der Waals surface area (Å²) in [5, 5.41) is 19.6. The number of fused-ring (bicyclic) bond motifs is 1. The van der Waals surface area contributed by atoms with Gasteiger partial charge in [0.15, 0.2) is 0 Å². The molecule has 5 rings (SSSR count). The zero-order chi connectivity index (χ0) is 27.1. The zero-order valence-electron chi connectivity index (χ0n) is 21.1. The predicted octanol–water partition coefficient (Wildman–Crippen LogP) is 5.34. The quantitative estimate of drug-likeness (QED) is 0.212. The summed E-state index contributed by atoms with van der Waals surface area (Å²) in [6, 6.07) is 12.2. The molecule has 0 amide bonds. The van der Waals surface area contributed by atoms with E-state index in [0.717, 1.165) is 12.8 Å². The molecule has 194 valence electrons. The fraction of sp³-hybridized carbons (Fsp3) is 0.333. The Kier molecular flexibility index (Phi) is 7.08. The lowest BCUT2D eigenvalue weighted by Crippen LogP contribution is -2.45. The van der Waals surface area contributed by atoms with Gasteiger partial charge < -0.3 is 16.1 Å². The maximum Gasteiger partial charge on any atom is 0.123 e. The van der Waals surface area contributed by atoms with Crippen LogP contribution >= 0.6 is 23.2 Å². The van der Waals surface area contributed by atoms with Crippen molar-refractivity contribution in [3.8, 4) is 6.07 Å². The third-order valence-electron chi connectivity index (χ3n) is 6.74. The number of halogens is 3. The standard InChI is InChI=1S/C27H27BCl2FN7/c1-26(2,14-29)15-34-24-16(11-32)12-33-25-21(24)9-19(10-22(25)30)35-27(28,17-3-5-18(31)6-4-17)23-13-38(37-36-23)20-7-8-20/h3-6,9-10,12-13,20,35-37H,7-8,14-15H2,1-2H3,(H,33,34). The van der Waals surface area contributed by atoms with E-state index in [2.05, 4.69) is 32.6 Å². The Morgan fingerprint density at radius 1 is 1.26 bits per heavy atom. The zero-order valence-corrected chi connectivity index (χ0v) is 22.6. The Hall–Kier alpha value is -3.19. The van der Waals surface area contributed by atoms with Crippen LogP contribution in [0.2, 0.25) is 5.02 Å². The highest BCUT2D eigenvalue weighted by molar-refractivity contribution is 6.36. The molecule has 38 heavy (non-hydrogen) atoms. The molecule has 0 saturated heterocycles. The fourth-order valence-electron chi connectivity index (χ4n) is 4.30. The first-order chi connectivity index (χ1) is 18.1. The van der Waals surface area contributed by atoms with Crippen molar-refractivity contribution < 1.29 is 4.39 Å². The monoisotopic (exact) mass is 549 g/mol. The van der Waals surface area contributed by atoms with E-state index in [1.54, 1.807) is 18.2 Å². The van der Waals surface area contributed by atoms with Gasteiger partial charge in [0.2, 0.25) is 0 Å². The number of hydrogen-bond acceptors (Lipinski definition) is 7. The van der Waals surface area contributed by atoms with Crippen LogP contribution in [-0.4, -0.2) is 36.3 Å². The van der Waals surface area contributed by atoms with Crippen LogP contribution in [0.25, 0.3) is 10.9 Å². The van der Waals surface area contributed by atoms with Crippen molar-refractivity contribution in [2.45, 2.75) is 38.2 Å². The first kappa shape index (κ1) is 26.4. The van der Waals surface area contributed by atoms with Crippen molar-refractivity contribution in [2.24, 2.45) is 5.41 Å². The lowest BCUT2D eigenvalue weighted by Gasteiger charge is -2.34. The van der Waals surface area contributed by atoms with Crippen LogP contribution in [0.15, 0.2) is 54.5 Å². The second-order valence-corrected chi connectivity index (χ2v) is 11.2. The van der Waals surface area contributed by atoms with Crippen LogP contribution in [0, 0.1) is 22.6 Å². The van der Waals surface area contributed by atoms with Crippen LogP contribution in [0.5, 0.6) is 0 Å². The minimum Gasteiger partial charge on any atom is -0.383 e. The molecule has 11 heteroatoms. The summed E-state index contributed by atoms with van der Waals surface area (Å²) < 4.78 is 13.8. The van der Waals surface area contributed by atoms with E-state index in [0.29, 0.717) is 62.6 Å². The van der Waals surface area contributed by atoms with Gasteiger partial charge in [0.1, 0.15) is 19.7 Å². The molecular weight excluding hydrogens is 523 g/mol. The van der Waals surface area contributed by atoms with Crippen LogP contribution in [0.1, 0.15) is 37.8 Å². The molecule has 3 aromatic rings. The summed E-state index contributed by atoms with van der Waals surface area (Å²) in [4.78, 5) is 4.43. The van der Waals surface area contributed by atoms with Crippen molar-refractivity contribution in [3.05, 3.63) is 76.5 Å². The Bertz CT molecular complexity index is 1440. The Balaban J connectivity index is 1.59. The Morgan fingerprint density at radius 3 is 2.66 bits per heavy atom. The fourth-order valence-corrected chi connectivity index (χ4v) is 4.66. The third-order valence-corrected chi connectivity index (χ3v) is 7.76. The van der Waals surface area contributed by atoms with E-state index in [-0.39, 0.29) is 11.2 Å². The minimum absolute atomic E-state index is 0.209. The van der Waals surface area contributed by atoms with Crippen molar-refractivity contribution in [1.29, 1.82) is 5.26 Å². The predicted molar refractivity (Wildman–Crippen MR) is 151 cm³/mol. The molecule has 4 N–H and O–H groups in total. The SMILES string of the molecule is [B]C(Nc1cc(Cl)c2ncc(C#N)c(NCC(C)(C)CCl)c2c1)(C1=CN(C2CC2)NN1)c1ccc(F)cc1. The van der Waals surface area contributed by atoms with E-state index >= 15 is 0 Å². The molecule has 1 aliphatic heterocycles. The van der Waals surface area contributed by atoms with E-state index in [1.165, 1.54) is 18.3 Å². The number of nitrogens with one attached hydrogen (secondary N) is 4. The second-order valence-electron chi connectivity index (χ2n) is 10.5. The van der Waals surface area contributed by atoms with Gasteiger partial charge in [-0.1, -0.05) is 37.6 Å². The average molecular weight is 550 g/mol. The average Bonchev–Trinajstić information content (AvgIpc) is 3.63. The summed E-state index contributed by atoms with van der Waals surface area (Å²) in [6.45, 7) is 4.61. The maximum atomic E-state index is 13.8. The van der Waals surface area contributed by atoms with E-state index < -0.39 is 5.44 Å². The Labute approximate surface area is 232 Å². The number of hydrazine groups is 2. The van der Waals surface area contributed by atoms with E-state index in [1.807, 2.05) is 31.1 Å². The normalized spacial score (nSPS) is 16.9. The number of pyridine rings is 1. The van der Waals surface area contributed by atoms with Gasteiger partial charge >= 0.3 is 0 Å². The van der Waals surface area contributed by atoms with Crippen molar-refractivity contribution in [3.63, 3.8) is 0 Å². The molecular formula is C27H27BCl2FN7. The minimum atomic E-state index is -1.27. The number of nitriles is 1. The van der Waals surface area contributed by atoms with Gasteiger partial charge in [-0.3, -0.25) is 9.99 Å². The third kappa shape index (κ3) is 5.21. The van der Waals surface area contributed by atoms with Gasteiger partial charge in [0, 0.05) is 41.9 Å². The van der Waals surface area contributed by atoms with Gasteiger partial charge in [0.25, 0.3) is 0 Å². The van der Waals surface area contributed by atoms with Crippen LogP contribution < -0.4 is 21.6 Å². The number of anilines is 2. The first-order valence-electron chi connectivity index (χ1n) is 12.3. The number of nitrogens with zero attached hydrogens (tertiary/aromatic N) is 3. The maximum absolute atomic E-state index is 13.8. The molecule has 2 radical (unpaired) electrons. The molecule has 1 saturated carbocycles. The van der Waals surface area contributed by atoms with Crippen LogP contribution in [0.3, 0.4) is 0 Å². The number of rotatable bonds is 9. The van der Waals surface area contributed by atoms with E-state index in [9.17, 15) is 9.65 Å². The molecule has 1 aliphatic carbocycles. The van der Waals surface area contributed by atoms with Crippen molar-refractivity contribution in [1.82, 2.24) is 21.0 Å². The summed E-state index contributed by atoms with van der Waals surface area (Å²) in [5.74, 6) is 0.0847. The highest BCUT2D eigenvalue weighted by Crippen LogP contribution is 2.38. The lowest BCUT2D eigenvalue weighted by atomic mass is 9.69. The molecule has 7 nitrogen and oxygen atoms in total. The molecule has 0 bridgehead atoms. The van der Waals surface area contributed by atoms with E-state index in [4.69, 9.17) is 31.0 Å². The van der Waals surface area contributed by atoms with Gasteiger partial charge in [0.05, 0.1) is 32.9 Å². The molecule has 1 unspecified atom stereocenters. The molecule has 2 aliphatic rings. The largest absolute Gasteiger partial charge is 0.383 e. The van der Waals surface area contributed by atoms with Crippen LogP contribution in [-0.2, 0) is 5.44 Å². The second kappa shape index (κ2) is 10.2.